The second kappa shape index (κ2) is 6.48. The monoisotopic (exact) mass is 382 g/mol. The summed E-state index contributed by atoms with van der Waals surface area (Å²) in [7, 11) is 0. The molecule has 0 spiro atoms. The van der Waals surface area contributed by atoms with Crippen molar-refractivity contribution in [2.24, 2.45) is 4.99 Å². The highest BCUT2D eigenvalue weighted by Crippen LogP contribution is 2.33. The minimum Gasteiger partial charge on any atom is -0.405 e. The fourth-order valence-electron chi connectivity index (χ4n) is 1.97. The summed E-state index contributed by atoms with van der Waals surface area (Å²) in [6, 6.07) is 4.56. The molecule has 0 aliphatic carbocycles. The molecule has 0 aromatic heterocycles. The van der Waals surface area contributed by atoms with Gasteiger partial charge in [0.25, 0.3) is 0 Å². The topological polar surface area (TPSA) is 33.6 Å². The van der Waals surface area contributed by atoms with Gasteiger partial charge in [-0.05, 0) is 47.5 Å². The molecule has 0 fully saturated rings. The molecule has 0 bridgehead atoms. The zero-order valence-electron chi connectivity index (χ0n) is 11.4. The van der Waals surface area contributed by atoms with Crippen molar-refractivity contribution in [1.82, 2.24) is 0 Å². The highest BCUT2D eigenvalue weighted by atomic mass is 79.9. The number of rotatable bonds is 2. The molecule has 21 heavy (non-hydrogen) atoms. The number of ether oxygens (including phenoxy) is 1. The molecule has 1 aromatic rings. The maximum absolute atomic E-state index is 12.2. The summed E-state index contributed by atoms with van der Waals surface area (Å²) < 4.78 is 40.7. The second-order valence-electron chi connectivity index (χ2n) is 4.77. The van der Waals surface area contributed by atoms with Crippen molar-refractivity contribution in [3.8, 4) is 5.75 Å². The van der Waals surface area contributed by atoms with Crippen molar-refractivity contribution in [2.75, 3.05) is 5.32 Å². The van der Waals surface area contributed by atoms with Gasteiger partial charge in [0.2, 0.25) is 0 Å². The van der Waals surface area contributed by atoms with Gasteiger partial charge in [0, 0.05) is 10.9 Å². The molecule has 1 aliphatic heterocycles. The highest BCUT2D eigenvalue weighted by molar-refractivity contribution is 9.10. The Bertz CT molecular complexity index is 551. The SMILES string of the molecule is CC1CC(C)SC(Nc2ccc(OC(F)(F)F)c(Br)c2)=N1. The van der Waals surface area contributed by atoms with Gasteiger partial charge >= 0.3 is 6.36 Å². The normalized spacial score (nSPS) is 22.7. The summed E-state index contributed by atoms with van der Waals surface area (Å²) in [5.74, 6) is -0.270. The van der Waals surface area contributed by atoms with Crippen LogP contribution in [0.2, 0.25) is 0 Å². The maximum atomic E-state index is 12.2. The molecule has 1 heterocycles. The molecule has 2 unspecified atom stereocenters. The predicted molar refractivity (Wildman–Crippen MR) is 83.0 cm³/mol. The lowest BCUT2D eigenvalue weighted by Crippen LogP contribution is -2.22. The van der Waals surface area contributed by atoms with Crippen molar-refractivity contribution in [3.05, 3.63) is 22.7 Å². The van der Waals surface area contributed by atoms with Gasteiger partial charge in [-0.3, -0.25) is 4.99 Å². The third-order valence-corrected chi connectivity index (χ3v) is 4.38. The van der Waals surface area contributed by atoms with E-state index in [9.17, 15) is 13.2 Å². The largest absolute Gasteiger partial charge is 0.573 e. The number of aliphatic imine (C=N–C) groups is 1. The van der Waals surface area contributed by atoms with E-state index >= 15 is 0 Å². The number of halogens is 4. The first kappa shape index (κ1) is 16.5. The smallest absolute Gasteiger partial charge is 0.405 e. The zero-order valence-corrected chi connectivity index (χ0v) is 13.8. The summed E-state index contributed by atoms with van der Waals surface area (Å²) in [4.78, 5) is 4.48. The minimum absolute atomic E-state index is 0.229. The van der Waals surface area contributed by atoms with Gasteiger partial charge in [-0.2, -0.15) is 0 Å². The molecule has 2 atom stereocenters. The lowest BCUT2D eigenvalue weighted by molar-refractivity contribution is -0.274. The van der Waals surface area contributed by atoms with Gasteiger partial charge in [-0.15, -0.1) is 13.2 Å². The predicted octanol–water partition coefficient (Wildman–Crippen LogP) is 5.03. The number of hydrogen-bond acceptors (Lipinski definition) is 4. The maximum Gasteiger partial charge on any atom is 0.573 e. The summed E-state index contributed by atoms with van der Waals surface area (Å²) >= 11 is 4.69. The van der Waals surface area contributed by atoms with Gasteiger partial charge < -0.3 is 10.1 Å². The fourth-order valence-corrected chi connectivity index (χ4v) is 3.61. The van der Waals surface area contributed by atoms with Crippen LogP contribution in [0.4, 0.5) is 18.9 Å². The Hall–Kier alpha value is -0.890. The first-order valence-corrected chi connectivity index (χ1v) is 7.97. The highest BCUT2D eigenvalue weighted by Gasteiger charge is 2.32. The molecule has 1 N–H and O–H groups in total. The standard InChI is InChI=1S/C13H14BrF3N2OS/c1-7-5-8(2)21-12(18-7)19-9-3-4-11(10(14)6-9)20-13(15,16)17/h3-4,6-8H,5H2,1-2H3,(H,18,19). The number of nitrogens with zero attached hydrogens (tertiary/aromatic N) is 1. The minimum atomic E-state index is -4.70. The average Bonchev–Trinajstić information content (AvgIpc) is 2.30. The number of benzene rings is 1. The fraction of sp³-hybridized carbons (Fsp3) is 0.462. The van der Waals surface area contributed by atoms with E-state index in [1.807, 2.05) is 6.92 Å². The molecule has 0 radical (unpaired) electrons. The van der Waals surface area contributed by atoms with E-state index in [0.29, 0.717) is 10.9 Å². The van der Waals surface area contributed by atoms with Gasteiger partial charge in [0.1, 0.15) is 5.75 Å². The first-order chi connectivity index (χ1) is 9.73. The molecular weight excluding hydrogens is 369 g/mol. The molecule has 3 nitrogen and oxygen atoms in total. The van der Waals surface area contributed by atoms with Crippen LogP contribution >= 0.6 is 27.7 Å². The Morgan fingerprint density at radius 1 is 1.38 bits per heavy atom. The number of nitrogens with one attached hydrogen (secondary N) is 1. The number of alkyl halides is 3. The Kier molecular flexibility index (Phi) is 5.08. The molecule has 116 valence electrons. The van der Waals surface area contributed by atoms with E-state index in [2.05, 4.69) is 37.9 Å². The Morgan fingerprint density at radius 3 is 2.67 bits per heavy atom. The molecule has 0 saturated carbocycles. The van der Waals surface area contributed by atoms with E-state index < -0.39 is 6.36 Å². The van der Waals surface area contributed by atoms with Crippen LogP contribution < -0.4 is 10.1 Å². The number of anilines is 1. The van der Waals surface area contributed by atoms with Crippen LogP contribution in [-0.4, -0.2) is 22.8 Å². The van der Waals surface area contributed by atoms with E-state index in [1.54, 1.807) is 11.8 Å². The first-order valence-electron chi connectivity index (χ1n) is 6.30. The molecule has 0 saturated heterocycles. The van der Waals surface area contributed by atoms with Crippen LogP contribution in [0.15, 0.2) is 27.7 Å². The molecule has 8 heteroatoms. The van der Waals surface area contributed by atoms with Gasteiger partial charge in [-0.1, -0.05) is 18.7 Å². The summed E-state index contributed by atoms with van der Waals surface area (Å²) in [6.07, 6.45) is -3.69. The van der Waals surface area contributed by atoms with Crippen LogP contribution in [0, 0.1) is 0 Å². The van der Waals surface area contributed by atoms with Gasteiger partial charge in [-0.25, -0.2) is 0 Å². The lowest BCUT2D eigenvalue weighted by Gasteiger charge is -2.23. The van der Waals surface area contributed by atoms with Crippen molar-refractivity contribution >= 4 is 38.5 Å². The van der Waals surface area contributed by atoms with E-state index in [1.165, 1.54) is 18.2 Å². The molecule has 0 amide bonds. The van der Waals surface area contributed by atoms with Crippen molar-refractivity contribution in [3.63, 3.8) is 0 Å². The molecular formula is C13H14BrF3N2OS. The third-order valence-electron chi connectivity index (χ3n) is 2.73. The van der Waals surface area contributed by atoms with E-state index in [0.717, 1.165) is 11.6 Å². The van der Waals surface area contributed by atoms with Gasteiger partial charge in [0.15, 0.2) is 5.17 Å². The van der Waals surface area contributed by atoms with Crippen LogP contribution in [0.3, 0.4) is 0 Å². The Balaban J connectivity index is 2.10. The van der Waals surface area contributed by atoms with Crippen LogP contribution in [0.1, 0.15) is 20.3 Å². The van der Waals surface area contributed by atoms with Crippen LogP contribution in [-0.2, 0) is 0 Å². The molecule has 1 aliphatic rings. The van der Waals surface area contributed by atoms with Gasteiger partial charge in [0.05, 0.1) is 10.5 Å². The second-order valence-corrected chi connectivity index (χ2v) is 7.05. The van der Waals surface area contributed by atoms with Crippen molar-refractivity contribution < 1.29 is 17.9 Å². The summed E-state index contributed by atoms with van der Waals surface area (Å²) in [5.41, 5.74) is 0.656. The summed E-state index contributed by atoms with van der Waals surface area (Å²) in [6.45, 7) is 4.15. The molecule has 2 rings (SSSR count). The van der Waals surface area contributed by atoms with Crippen LogP contribution in [0.5, 0.6) is 5.75 Å². The Labute approximate surface area is 133 Å². The Morgan fingerprint density at radius 2 is 2.10 bits per heavy atom. The number of amidine groups is 1. The lowest BCUT2D eigenvalue weighted by atomic mass is 10.2. The quantitative estimate of drug-likeness (QED) is 0.778. The zero-order chi connectivity index (χ0) is 15.6. The summed E-state index contributed by atoms with van der Waals surface area (Å²) in [5, 5.41) is 4.35. The third kappa shape index (κ3) is 5.10. The van der Waals surface area contributed by atoms with E-state index in [4.69, 9.17) is 0 Å². The van der Waals surface area contributed by atoms with E-state index in [-0.39, 0.29) is 16.3 Å². The van der Waals surface area contributed by atoms with Crippen molar-refractivity contribution in [2.45, 2.75) is 37.9 Å². The molecule has 1 aromatic carbocycles. The number of thioether (sulfide) groups is 1. The average molecular weight is 383 g/mol. The van der Waals surface area contributed by atoms with Crippen molar-refractivity contribution in [1.29, 1.82) is 0 Å². The number of hydrogen-bond donors (Lipinski definition) is 1. The van der Waals surface area contributed by atoms with Crippen LogP contribution in [0.25, 0.3) is 0 Å².